The SMILES string of the molecule is CC(C)NC(=O)CCn1cnc(-c2cccc(N)c2)n1. The molecule has 6 nitrogen and oxygen atoms in total. The molecular formula is C14H19N5O. The van der Waals surface area contributed by atoms with E-state index in [4.69, 9.17) is 5.73 Å². The third kappa shape index (κ3) is 3.81. The van der Waals surface area contributed by atoms with Crippen LogP contribution in [0.25, 0.3) is 11.4 Å². The Hall–Kier alpha value is -2.37. The summed E-state index contributed by atoms with van der Waals surface area (Å²) >= 11 is 0. The summed E-state index contributed by atoms with van der Waals surface area (Å²) in [5.74, 6) is 0.627. The number of benzene rings is 1. The quantitative estimate of drug-likeness (QED) is 0.807. The first kappa shape index (κ1) is 14.0. The van der Waals surface area contributed by atoms with Crippen LogP contribution in [0.5, 0.6) is 0 Å². The van der Waals surface area contributed by atoms with Gasteiger partial charge in [0.1, 0.15) is 6.33 Å². The van der Waals surface area contributed by atoms with Crippen LogP contribution in [0.3, 0.4) is 0 Å². The second kappa shape index (κ2) is 6.18. The lowest BCUT2D eigenvalue weighted by Gasteiger charge is -2.07. The lowest BCUT2D eigenvalue weighted by Crippen LogP contribution is -2.30. The zero-order valence-corrected chi connectivity index (χ0v) is 11.7. The Morgan fingerprint density at radius 3 is 2.95 bits per heavy atom. The average molecular weight is 273 g/mol. The smallest absolute Gasteiger partial charge is 0.222 e. The topological polar surface area (TPSA) is 85.8 Å². The summed E-state index contributed by atoms with van der Waals surface area (Å²) in [6, 6.07) is 7.56. The number of aryl methyl sites for hydroxylation is 1. The highest BCUT2D eigenvalue weighted by Crippen LogP contribution is 2.16. The molecule has 0 aliphatic carbocycles. The summed E-state index contributed by atoms with van der Waals surface area (Å²) in [5.41, 5.74) is 7.28. The van der Waals surface area contributed by atoms with Gasteiger partial charge in [0.05, 0.1) is 6.54 Å². The third-order valence-corrected chi connectivity index (χ3v) is 2.70. The Kier molecular flexibility index (Phi) is 4.34. The fourth-order valence-corrected chi connectivity index (χ4v) is 1.82. The highest BCUT2D eigenvalue weighted by molar-refractivity contribution is 5.76. The summed E-state index contributed by atoms with van der Waals surface area (Å²) in [5, 5.41) is 7.18. The van der Waals surface area contributed by atoms with E-state index in [1.807, 2.05) is 38.1 Å². The molecule has 0 bridgehead atoms. The van der Waals surface area contributed by atoms with Crippen LogP contribution < -0.4 is 11.1 Å². The Morgan fingerprint density at radius 1 is 1.45 bits per heavy atom. The van der Waals surface area contributed by atoms with E-state index in [9.17, 15) is 4.79 Å². The van der Waals surface area contributed by atoms with Crippen LogP contribution in [0.1, 0.15) is 20.3 Å². The zero-order valence-electron chi connectivity index (χ0n) is 11.7. The minimum atomic E-state index is 0.0148. The van der Waals surface area contributed by atoms with Gasteiger partial charge in [0.15, 0.2) is 5.82 Å². The van der Waals surface area contributed by atoms with Gasteiger partial charge in [-0.3, -0.25) is 9.48 Å². The number of nitrogens with two attached hydrogens (primary N) is 1. The molecule has 0 saturated carbocycles. The van der Waals surface area contributed by atoms with Crippen LogP contribution >= 0.6 is 0 Å². The molecule has 3 N–H and O–H groups in total. The number of aromatic nitrogens is 3. The Bertz CT molecular complexity index is 591. The number of rotatable bonds is 5. The molecule has 0 aliphatic heterocycles. The van der Waals surface area contributed by atoms with Gasteiger partial charge < -0.3 is 11.1 Å². The molecule has 0 fully saturated rings. The highest BCUT2D eigenvalue weighted by atomic mass is 16.1. The molecule has 1 aromatic carbocycles. The van der Waals surface area contributed by atoms with Crippen molar-refractivity contribution in [3.63, 3.8) is 0 Å². The van der Waals surface area contributed by atoms with Crippen molar-refractivity contribution in [2.24, 2.45) is 0 Å². The van der Waals surface area contributed by atoms with Crippen molar-refractivity contribution in [1.82, 2.24) is 20.1 Å². The van der Waals surface area contributed by atoms with Gasteiger partial charge in [-0.2, -0.15) is 5.10 Å². The Balaban J connectivity index is 1.97. The molecule has 20 heavy (non-hydrogen) atoms. The second-order valence-corrected chi connectivity index (χ2v) is 4.93. The van der Waals surface area contributed by atoms with Gasteiger partial charge in [-0.1, -0.05) is 12.1 Å². The molecule has 2 rings (SSSR count). The van der Waals surface area contributed by atoms with E-state index in [0.29, 0.717) is 24.5 Å². The molecule has 1 heterocycles. The standard InChI is InChI=1S/C14H19N5O/c1-10(2)17-13(20)6-7-19-9-16-14(18-19)11-4-3-5-12(15)8-11/h3-5,8-10H,6-7,15H2,1-2H3,(H,17,20). The maximum atomic E-state index is 11.6. The Labute approximate surface area is 118 Å². The number of nitrogens with zero attached hydrogens (tertiary/aromatic N) is 3. The van der Waals surface area contributed by atoms with Gasteiger partial charge in [-0.25, -0.2) is 4.98 Å². The number of carbonyl (C=O) groups is 1. The predicted molar refractivity (Wildman–Crippen MR) is 77.8 cm³/mol. The van der Waals surface area contributed by atoms with E-state index in [2.05, 4.69) is 15.4 Å². The Morgan fingerprint density at radius 2 is 2.25 bits per heavy atom. The molecule has 1 amide bonds. The minimum absolute atomic E-state index is 0.0148. The van der Waals surface area contributed by atoms with Crippen molar-refractivity contribution in [1.29, 1.82) is 0 Å². The zero-order chi connectivity index (χ0) is 14.5. The fraction of sp³-hybridized carbons (Fsp3) is 0.357. The fourth-order valence-electron chi connectivity index (χ4n) is 1.82. The lowest BCUT2D eigenvalue weighted by molar-refractivity contribution is -0.121. The molecule has 2 aromatic rings. The van der Waals surface area contributed by atoms with Gasteiger partial charge in [0.2, 0.25) is 5.91 Å². The molecule has 0 atom stereocenters. The molecule has 0 unspecified atom stereocenters. The lowest BCUT2D eigenvalue weighted by atomic mass is 10.2. The summed E-state index contributed by atoms with van der Waals surface area (Å²) in [6.07, 6.45) is 2.01. The molecular weight excluding hydrogens is 254 g/mol. The van der Waals surface area contributed by atoms with Crippen LogP contribution in [0.4, 0.5) is 5.69 Å². The van der Waals surface area contributed by atoms with Gasteiger partial charge in [0.25, 0.3) is 0 Å². The van der Waals surface area contributed by atoms with E-state index in [1.165, 1.54) is 0 Å². The first-order valence-electron chi connectivity index (χ1n) is 6.59. The van der Waals surface area contributed by atoms with E-state index in [0.717, 1.165) is 5.56 Å². The van der Waals surface area contributed by atoms with Crippen LogP contribution in [0, 0.1) is 0 Å². The number of nitrogen functional groups attached to an aromatic ring is 1. The van der Waals surface area contributed by atoms with Crippen molar-refractivity contribution < 1.29 is 4.79 Å². The highest BCUT2D eigenvalue weighted by Gasteiger charge is 2.07. The van der Waals surface area contributed by atoms with Crippen molar-refractivity contribution >= 4 is 11.6 Å². The molecule has 0 spiro atoms. The average Bonchev–Trinajstić information content (AvgIpc) is 2.84. The van der Waals surface area contributed by atoms with Crippen molar-refractivity contribution in [2.45, 2.75) is 32.9 Å². The molecule has 0 radical (unpaired) electrons. The van der Waals surface area contributed by atoms with E-state index >= 15 is 0 Å². The van der Waals surface area contributed by atoms with Crippen molar-refractivity contribution in [3.8, 4) is 11.4 Å². The maximum absolute atomic E-state index is 11.6. The van der Waals surface area contributed by atoms with Gasteiger partial charge in [-0.15, -0.1) is 0 Å². The summed E-state index contributed by atoms with van der Waals surface area (Å²) in [4.78, 5) is 15.8. The molecule has 0 saturated heterocycles. The summed E-state index contributed by atoms with van der Waals surface area (Å²) < 4.78 is 1.67. The van der Waals surface area contributed by atoms with Gasteiger partial charge >= 0.3 is 0 Å². The number of amides is 1. The first-order chi connectivity index (χ1) is 9.54. The third-order valence-electron chi connectivity index (χ3n) is 2.70. The normalized spacial score (nSPS) is 10.8. The monoisotopic (exact) mass is 273 g/mol. The largest absolute Gasteiger partial charge is 0.399 e. The number of carbonyl (C=O) groups excluding carboxylic acids is 1. The van der Waals surface area contributed by atoms with Gasteiger partial charge in [-0.05, 0) is 26.0 Å². The second-order valence-electron chi connectivity index (χ2n) is 4.93. The van der Waals surface area contributed by atoms with Crippen LogP contribution in [0.2, 0.25) is 0 Å². The molecule has 0 aliphatic rings. The number of hydrogen-bond donors (Lipinski definition) is 2. The summed E-state index contributed by atoms with van der Waals surface area (Å²) in [6.45, 7) is 4.38. The predicted octanol–water partition coefficient (Wildman–Crippen LogP) is 1.44. The minimum Gasteiger partial charge on any atom is -0.399 e. The first-order valence-corrected chi connectivity index (χ1v) is 6.59. The van der Waals surface area contributed by atoms with E-state index in [1.54, 1.807) is 11.0 Å². The molecule has 106 valence electrons. The van der Waals surface area contributed by atoms with Crippen molar-refractivity contribution in [2.75, 3.05) is 5.73 Å². The molecule has 6 heteroatoms. The van der Waals surface area contributed by atoms with Gasteiger partial charge in [0, 0.05) is 23.7 Å². The number of nitrogens with one attached hydrogen (secondary N) is 1. The van der Waals surface area contributed by atoms with Crippen molar-refractivity contribution in [3.05, 3.63) is 30.6 Å². The number of anilines is 1. The van der Waals surface area contributed by atoms with E-state index in [-0.39, 0.29) is 11.9 Å². The van der Waals surface area contributed by atoms with E-state index < -0.39 is 0 Å². The summed E-state index contributed by atoms with van der Waals surface area (Å²) in [7, 11) is 0. The van der Waals surface area contributed by atoms with Crippen LogP contribution in [-0.2, 0) is 11.3 Å². The maximum Gasteiger partial charge on any atom is 0.222 e. The molecule has 1 aromatic heterocycles. The number of hydrogen-bond acceptors (Lipinski definition) is 4. The van der Waals surface area contributed by atoms with Crippen LogP contribution in [-0.4, -0.2) is 26.7 Å². The van der Waals surface area contributed by atoms with Crippen LogP contribution in [0.15, 0.2) is 30.6 Å².